The number of methoxy groups -OCH3 is 1. The fourth-order valence-electron chi connectivity index (χ4n) is 3.04. The van der Waals surface area contributed by atoms with Gasteiger partial charge in [-0.1, -0.05) is 43.1 Å². The van der Waals surface area contributed by atoms with Crippen LogP contribution < -0.4 is 15.4 Å². The topological polar surface area (TPSA) is 76.1 Å². The molecule has 0 unspecified atom stereocenters. The van der Waals surface area contributed by atoms with Crippen molar-refractivity contribution in [2.24, 2.45) is 0 Å². The van der Waals surface area contributed by atoms with Crippen molar-refractivity contribution in [3.05, 3.63) is 29.3 Å². The van der Waals surface area contributed by atoms with Gasteiger partial charge < -0.3 is 15.4 Å². The molecule has 7 heteroatoms. The molecule has 1 aliphatic rings. The fourth-order valence-corrected chi connectivity index (χ4v) is 3.80. The van der Waals surface area contributed by atoms with E-state index in [9.17, 15) is 4.79 Å². The van der Waals surface area contributed by atoms with Crippen molar-refractivity contribution < 1.29 is 9.53 Å². The highest BCUT2D eigenvalue weighted by Crippen LogP contribution is 2.24. The Morgan fingerprint density at radius 2 is 2.04 bits per heavy atom. The number of carbonyl (C=O) groups is 1. The third kappa shape index (κ3) is 5.42. The minimum absolute atomic E-state index is 0.0379. The van der Waals surface area contributed by atoms with Crippen LogP contribution in [0, 0.1) is 0 Å². The smallest absolute Gasteiger partial charge is 0.227 e. The molecule has 6 nitrogen and oxygen atoms in total. The van der Waals surface area contributed by atoms with Crippen molar-refractivity contribution in [3.63, 3.8) is 0 Å². The van der Waals surface area contributed by atoms with Gasteiger partial charge in [-0.3, -0.25) is 4.79 Å². The monoisotopic (exact) mass is 360 g/mol. The Morgan fingerprint density at radius 1 is 1.24 bits per heavy atom. The van der Waals surface area contributed by atoms with Crippen LogP contribution in [0.5, 0.6) is 5.75 Å². The number of hydrogen-bond acceptors (Lipinski definition) is 6. The predicted molar refractivity (Wildman–Crippen MR) is 99.5 cm³/mol. The van der Waals surface area contributed by atoms with Crippen LogP contribution in [-0.2, 0) is 11.2 Å². The van der Waals surface area contributed by atoms with E-state index in [2.05, 4.69) is 20.8 Å². The summed E-state index contributed by atoms with van der Waals surface area (Å²) in [4.78, 5) is 12.2. The Balaban J connectivity index is 1.53. The molecule has 3 rings (SSSR count). The normalized spacial score (nSPS) is 15.4. The number of rotatable bonds is 6. The second-order valence-corrected chi connectivity index (χ2v) is 7.35. The van der Waals surface area contributed by atoms with E-state index in [-0.39, 0.29) is 12.3 Å². The summed E-state index contributed by atoms with van der Waals surface area (Å²) in [5, 5.41) is 16.0. The predicted octanol–water partition coefficient (Wildman–Crippen LogP) is 3.67. The summed E-state index contributed by atoms with van der Waals surface area (Å²) < 4.78 is 5.21. The van der Waals surface area contributed by atoms with E-state index in [1.165, 1.54) is 37.0 Å². The Morgan fingerprint density at radius 3 is 2.80 bits per heavy atom. The SMILES string of the molecule is COc1cccc(Nc2nnc(CC(=O)NC3CCCCCC3)s2)c1. The molecule has 1 aromatic heterocycles. The summed E-state index contributed by atoms with van der Waals surface area (Å²) in [7, 11) is 1.63. The van der Waals surface area contributed by atoms with Gasteiger partial charge in [0.2, 0.25) is 11.0 Å². The van der Waals surface area contributed by atoms with Gasteiger partial charge in [0.05, 0.1) is 13.5 Å². The lowest BCUT2D eigenvalue weighted by atomic mass is 10.1. The molecule has 0 aliphatic heterocycles. The average molecular weight is 360 g/mol. The maximum absolute atomic E-state index is 12.2. The third-order valence-corrected chi connectivity index (χ3v) is 5.16. The third-order valence-electron chi connectivity index (χ3n) is 4.32. The van der Waals surface area contributed by atoms with Gasteiger partial charge in [0.25, 0.3) is 0 Å². The van der Waals surface area contributed by atoms with E-state index in [0.29, 0.717) is 11.2 Å². The maximum atomic E-state index is 12.2. The van der Waals surface area contributed by atoms with Crippen LogP contribution in [0.25, 0.3) is 0 Å². The molecule has 1 amide bonds. The molecular weight excluding hydrogens is 336 g/mol. The first-order valence-electron chi connectivity index (χ1n) is 8.76. The lowest BCUT2D eigenvalue weighted by Gasteiger charge is -2.15. The molecule has 25 heavy (non-hydrogen) atoms. The lowest BCUT2D eigenvalue weighted by Crippen LogP contribution is -2.35. The quantitative estimate of drug-likeness (QED) is 0.769. The van der Waals surface area contributed by atoms with E-state index in [1.54, 1.807) is 7.11 Å². The van der Waals surface area contributed by atoms with Crippen molar-refractivity contribution in [1.82, 2.24) is 15.5 Å². The summed E-state index contributed by atoms with van der Waals surface area (Å²) in [5.41, 5.74) is 0.880. The number of carbonyl (C=O) groups excluding carboxylic acids is 1. The molecule has 1 fully saturated rings. The molecule has 1 aromatic carbocycles. The van der Waals surface area contributed by atoms with Gasteiger partial charge in [0.1, 0.15) is 10.8 Å². The zero-order valence-corrected chi connectivity index (χ0v) is 15.3. The van der Waals surface area contributed by atoms with Crippen LogP contribution in [0.3, 0.4) is 0 Å². The summed E-state index contributed by atoms with van der Waals surface area (Å²) in [6.45, 7) is 0. The molecule has 1 aliphatic carbocycles. The number of nitrogens with one attached hydrogen (secondary N) is 2. The number of aromatic nitrogens is 2. The second-order valence-electron chi connectivity index (χ2n) is 6.29. The zero-order valence-electron chi connectivity index (χ0n) is 14.5. The van der Waals surface area contributed by atoms with E-state index in [0.717, 1.165) is 29.3 Å². The molecule has 2 aromatic rings. The minimum atomic E-state index is 0.0379. The van der Waals surface area contributed by atoms with Gasteiger partial charge in [-0.15, -0.1) is 10.2 Å². The highest BCUT2D eigenvalue weighted by molar-refractivity contribution is 7.15. The van der Waals surface area contributed by atoms with Crippen LogP contribution in [0.2, 0.25) is 0 Å². The molecule has 134 valence electrons. The number of benzene rings is 1. The first-order chi connectivity index (χ1) is 12.2. The molecule has 0 atom stereocenters. The van der Waals surface area contributed by atoms with E-state index in [1.807, 2.05) is 24.3 Å². The van der Waals surface area contributed by atoms with Crippen molar-refractivity contribution >= 4 is 28.1 Å². The van der Waals surface area contributed by atoms with Crippen LogP contribution in [0.15, 0.2) is 24.3 Å². The molecule has 0 saturated heterocycles. The number of ether oxygens (including phenoxy) is 1. The van der Waals surface area contributed by atoms with Crippen LogP contribution >= 0.6 is 11.3 Å². The first kappa shape index (κ1) is 17.7. The average Bonchev–Trinajstić information content (AvgIpc) is 2.88. The van der Waals surface area contributed by atoms with E-state index in [4.69, 9.17) is 4.74 Å². The number of nitrogens with zero attached hydrogens (tertiary/aromatic N) is 2. The Bertz CT molecular complexity index is 696. The van der Waals surface area contributed by atoms with Gasteiger partial charge in [-0.05, 0) is 25.0 Å². The minimum Gasteiger partial charge on any atom is -0.497 e. The van der Waals surface area contributed by atoms with Crippen LogP contribution in [-0.4, -0.2) is 29.3 Å². The van der Waals surface area contributed by atoms with Gasteiger partial charge in [-0.25, -0.2) is 0 Å². The summed E-state index contributed by atoms with van der Waals surface area (Å²) >= 11 is 1.40. The maximum Gasteiger partial charge on any atom is 0.227 e. The zero-order chi connectivity index (χ0) is 17.5. The molecule has 0 radical (unpaired) electrons. The fraction of sp³-hybridized carbons (Fsp3) is 0.500. The molecule has 2 N–H and O–H groups in total. The number of amides is 1. The largest absolute Gasteiger partial charge is 0.497 e. The lowest BCUT2D eigenvalue weighted by molar-refractivity contribution is -0.121. The van der Waals surface area contributed by atoms with Crippen LogP contribution in [0.4, 0.5) is 10.8 Å². The second kappa shape index (κ2) is 8.80. The van der Waals surface area contributed by atoms with Crippen molar-refractivity contribution in [1.29, 1.82) is 0 Å². The van der Waals surface area contributed by atoms with Crippen molar-refractivity contribution in [3.8, 4) is 5.75 Å². The molecule has 0 spiro atoms. The molecule has 0 bridgehead atoms. The van der Waals surface area contributed by atoms with E-state index < -0.39 is 0 Å². The summed E-state index contributed by atoms with van der Waals surface area (Å²) in [5.74, 6) is 0.813. The standard InChI is InChI=1S/C18H24N4O2S/c1-24-15-10-6-9-14(11-15)20-18-22-21-17(25-18)12-16(23)19-13-7-4-2-3-5-8-13/h6,9-11,13H,2-5,7-8,12H2,1H3,(H,19,23)(H,20,22). The number of hydrogen-bond donors (Lipinski definition) is 2. The van der Waals surface area contributed by atoms with E-state index >= 15 is 0 Å². The summed E-state index contributed by atoms with van der Waals surface area (Å²) in [6.07, 6.45) is 7.43. The van der Waals surface area contributed by atoms with Gasteiger partial charge in [-0.2, -0.15) is 0 Å². The molecule has 1 saturated carbocycles. The first-order valence-corrected chi connectivity index (χ1v) is 9.57. The Labute approximate surface area is 152 Å². The summed E-state index contributed by atoms with van der Waals surface area (Å²) in [6, 6.07) is 7.93. The van der Waals surface area contributed by atoms with Crippen molar-refractivity contribution in [2.75, 3.05) is 12.4 Å². The molecule has 1 heterocycles. The Kier molecular flexibility index (Phi) is 6.22. The van der Waals surface area contributed by atoms with Crippen LogP contribution in [0.1, 0.15) is 43.5 Å². The number of anilines is 2. The highest BCUT2D eigenvalue weighted by Gasteiger charge is 2.16. The molecular formula is C18H24N4O2S. The van der Waals surface area contributed by atoms with Gasteiger partial charge in [0.15, 0.2) is 0 Å². The highest BCUT2D eigenvalue weighted by atomic mass is 32.1. The Hall–Kier alpha value is -2.15. The van der Waals surface area contributed by atoms with Crippen molar-refractivity contribution in [2.45, 2.75) is 51.0 Å². The van der Waals surface area contributed by atoms with Gasteiger partial charge >= 0.3 is 0 Å². The van der Waals surface area contributed by atoms with Gasteiger partial charge in [0, 0.05) is 17.8 Å².